The van der Waals surface area contributed by atoms with Crippen molar-refractivity contribution in [3.05, 3.63) is 46.9 Å². The summed E-state index contributed by atoms with van der Waals surface area (Å²) in [7, 11) is 0. The van der Waals surface area contributed by atoms with Crippen LogP contribution in [0.15, 0.2) is 36.8 Å². The molecule has 0 atom stereocenters. The van der Waals surface area contributed by atoms with Crippen molar-refractivity contribution in [2.75, 3.05) is 5.43 Å². The van der Waals surface area contributed by atoms with Crippen molar-refractivity contribution in [3.8, 4) is 5.82 Å². The number of rotatable bonds is 3. The van der Waals surface area contributed by atoms with Crippen molar-refractivity contribution in [2.24, 2.45) is 5.84 Å². The van der Waals surface area contributed by atoms with Gasteiger partial charge in [-0.15, -0.1) is 0 Å². The van der Waals surface area contributed by atoms with Gasteiger partial charge in [-0.05, 0) is 6.07 Å². The molecule has 2 heterocycles. The first-order valence-corrected chi connectivity index (χ1v) is 5.61. The molecule has 0 amide bonds. The van der Waals surface area contributed by atoms with Crippen LogP contribution in [0, 0.1) is 10.1 Å². The quantitative estimate of drug-likeness (QED) is 0.413. The van der Waals surface area contributed by atoms with Crippen molar-refractivity contribution in [2.45, 2.75) is 0 Å². The van der Waals surface area contributed by atoms with E-state index in [9.17, 15) is 10.1 Å². The van der Waals surface area contributed by atoms with E-state index in [4.69, 9.17) is 5.84 Å². The van der Waals surface area contributed by atoms with Crippen molar-refractivity contribution in [1.29, 1.82) is 0 Å². The third-order valence-electron chi connectivity index (χ3n) is 2.80. The first-order chi connectivity index (χ1) is 9.72. The fourth-order valence-electron chi connectivity index (χ4n) is 1.94. The molecule has 0 aliphatic heterocycles. The van der Waals surface area contributed by atoms with E-state index in [1.165, 1.54) is 11.0 Å². The second-order valence-electron chi connectivity index (χ2n) is 3.91. The molecule has 0 aliphatic rings. The SMILES string of the molecule is NNc1ncnc(-n2ncc3ccccc32)c1[N+](=O)[O-]. The number of para-hydroxylation sites is 1. The minimum absolute atomic E-state index is 0.0548. The Hall–Kier alpha value is -3.07. The van der Waals surface area contributed by atoms with Crippen molar-refractivity contribution < 1.29 is 4.92 Å². The number of benzene rings is 1. The molecule has 0 bridgehead atoms. The smallest absolute Gasteiger partial charge is 0.303 e. The van der Waals surface area contributed by atoms with Crippen LogP contribution in [0.25, 0.3) is 16.7 Å². The van der Waals surface area contributed by atoms with Crippen LogP contribution in [-0.4, -0.2) is 24.7 Å². The lowest BCUT2D eigenvalue weighted by Crippen LogP contribution is -2.14. The summed E-state index contributed by atoms with van der Waals surface area (Å²) in [5.74, 6) is 5.23. The maximum Gasteiger partial charge on any atom is 0.356 e. The van der Waals surface area contributed by atoms with Gasteiger partial charge >= 0.3 is 5.69 Å². The summed E-state index contributed by atoms with van der Waals surface area (Å²) in [4.78, 5) is 18.3. The highest BCUT2D eigenvalue weighted by Gasteiger charge is 2.25. The van der Waals surface area contributed by atoms with Gasteiger partial charge < -0.3 is 5.43 Å². The molecule has 0 aliphatic carbocycles. The first kappa shape index (κ1) is 12.0. The second-order valence-corrected chi connectivity index (χ2v) is 3.91. The molecule has 100 valence electrons. The molecule has 9 nitrogen and oxygen atoms in total. The average Bonchev–Trinajstić information content (AvgIpc) is 2.90. The van der Waals surface area contributed by atoms with Gasteiger partial charge in [0, 0.05) is 5.39 Å². The fraction of sp³-hybridized carbons (Fsp3) is 0. The summed E-state index contributed by atoms with van der Waals surface area (Å²) in [5, 5.41) is 16.2. The summed E-state index contributed by atoms with van der Waals surface area (Å²) in [5.41, 5.74) is 2.57. The number of nitrogen functional groups attached to an aromatic ring is 1. The molecule has 0 radical (unpaired) electrons. The van der Waals surface area contributed by atoms with Crippen LogP contribution in [0.3, 0.4) is 0 Å². The van der Waals surface area contributed by atoms with E-state index in [2.05, 4.69) is 20.5 Å². The number of fused-ring (bicyclic) bond motifs is 1. The van der Waals surface area contributed by atoms with E-state index in [0.29, 0.717) is 5.52 Å². The summed E-state index contributed by atoms with van der Waals surface area (Å²) in [6.45, 7) is 0. The van der Waals surface area contributed by atoms with Gasteiger partial charge in [-0.2, -0.15) is 5.10 Å². The van der Waals surface area contributed by atoms with Gasteiger partial charge in [0.1, 0.15) is 6.33 Å². The third-order valence-corrected chi connectivity index (χ3v) is 2.80. The molecule has 9 heteroatoms. The number of hydrogen-bond acceptors (Lipinski definition) is 7. The van der Waals surface area contributed by atoms with E-state index in [1.54, 1.807) is 12.3 Å². The molecule has 0 fully saturated rings. The lowest BCUT2D eigenvalue weighted by molar-refractivity contribution is -0.384. The molecule has 0 saturated heterocycles. The standard InChI is InChI=1S/C11H9N7O2/c12-16-10-9(18(19)20)11(14-6-13-10)17-8-4-2-1-3-7(8)5-15-17/h1-6H,12H2,(H,13,14,16). The van der Waals surface area contributed by atoms with Gasteiger partial charge in [-0.25, -0.2) is 20.5 Å². The average molecular weight is 271 g/mol. The minimum Gasteiger partial charge on any atom is -0.303 e. The highest BCUT2D eigenvalue weighted by Crippen LogP contribution is 2.28. The molecule has 0 unspecified atom stereocenters. The number of aromatic nitrogens is 4. The summed E-state index contributed by atoms with van der Waals surface area (Å²) in [6, 6.07) is 7.32. The van der Waals surface area contributed by atoms with Crippen LogP contribution in [0.2, 0.25) is 0 Å². The number of hydrogen-bond donors (Lipinski definition) is 2. The van der Waals surface area contributed by atoms with Gasteiger partial charge in [-0.3, -0.25) is 10.1 Å². The molecule has 1 aromatic carbocycles. The lowest BCUT2D eigenvalue weighted by Gasteiger charge is -2.06. The molecule has 0 saturated carbocycles. The molecular formula is C11H9N7O2. The highest BCUT2D eigenvalue weighted by atomic mass is 16.6. The summed E-state index contributed by atoms with van der Waals surface area (Å²) < 4.78 is 1.38. The van der Waals surface area contributed by atoms with Crippen LogP contribution in [0.1, 0.15) is 0 Å². The maximum absolute atomic E-state index is 11.2. The van der Waals surface area contributed by atoms with Gasteiger partial charge in [-0.1, -0.05) is 18.2 Å². The summed E-state index contributed by atoms with van der Waals surface area (Å²) in [6.07, 6.45) is 2.80. The molecule has 20 heavy (non-hydrogen) atoms. The summed E-state index contributed by atoms with van der Waals surface area (Å²) >= 11 is 0. The molecule has 3 rings (SSSR count). The van der Waals surface area contributed by atoms with E-state index < -0.39 is 4.92 Å². The van der Waals surface area contributed by atoms with Gasteiger partial charge in [0.25, 0.3) is 0 Å². The number of hydrazine groups is 1. The molecule has 3 aromatic rings. The Morgan fingerprint density at radius 3 is 2.85 bits per heavy atom. The lowest BCUT2D eigenvalue weighted by atomic mass is 10.2. The maximum atomic E-state index is 11.2. The van der Waals surface area contributed by atoms with Crippen LogP contribution in [0.4, 0.5) is 11.5 Å². The number of nitrogens with one attached hydrogen (secondary N) is 1. The first-order valence-electron chi connectivity index (χ1n) is 5.61. The molecule has 3 N–H and O–H groups in total. The molecule has 2 aromatic heterocycles. The Balaban J connectivity index is 2.32. The van der Waals surface area contributed by atoms with E-state index in [-0.39, 0.29) is 17.3 Å². The normalized spacial score (nSPS) is 10.7. The van der Waals surface area contributed by atoms with Gasteiger partial charge in [0.15, 0.2) is 0 Å². The van der Waals surface area contributed by atoms with Crippen LogP contribution < -0.4 is 11.3 Å². The number of nitrogens with zero attached hydrogens (tertiary/aromatic N) is 5. The number of nitro groups is 1. The van der Waals surface area contributed by atoms with Gasteiger partial charge in [0.05, 0.1) is 16.6 Å². The van der Waals surface area contributed by atoms with Gasteiger partial charge in [0.2, 0.25) is 11.6 Å². The minimum atomic E-state index is -0.596. The van der Waals surface area contributed by atoms with Crippen molar-refractivity contribution in [3.63, 3.8) is 0 Å². The van der Waals surface area contributed by atoms with Crippen molar-refractivity contribution >= 4 is 22.4 Å². The Kier molecular flexibility index (Phi) is 2.73. The van der Waals surface area contributed by atoms with Crippen molar-refractivity contribution in [1.82, 2.24) is 19.7 Å². The van der Waals surface area contributed by atoms with Crippen LogP contribution in [-0.2, 0) is 0 Å². The number of nitrogens with two attached hydrogens (primary N) is 1. The fourth-order valence-corrected chi connectivity index (χ4v) is 1.94. The van der Waals surface area contributed by atoms with Crippen LogP contribution in [0.5, 0.6) is 0 Å². The Bertz CT molecular complexity index is 798. The van der Waals surface area contributed by atoms with E-state index in [1.807, 2.05) is 18.2 Å². The molecule has 0 spiro atoms. The van der Waals surface area contributed by atoms with E-state index in [0.717, 1.165) is 5.39 Å². The largest absolute Gasteiger partial charge is 0.356 e. The Morgan fingerprint density at radius 2 is 2.10 bits per heavy atom. The predicted molar refractivity (Wildman–Crippen MR) is 71.1 cm³/mol. The Morgan fingerprint density at radius 1 is 1.30 bits per heavy atom. The topological polar surface area (TPSA) is 125 Å². The van der Waals surface area contributed by atoms with Crippen LogP contribution >= 0.6 is 0 Å². The zero-order valence-corrected chi connectivity index (χ0v) is 10.1. The Labute approximate surface area is 112 Å². The predicted octanol–water partition coefficient (Wildman–Crippen LogP) is 1.01. The second kappa shape index (κ2) is 4.55. The van der Waals surface area contributed by atoms with E-state index >= 15 is 0 Å². The zero-order chi connectivity index (χ0) is 14.1. The molecular weight excluding hydrogens is 262 g/mol. The monoisotopic (exact) mass is 271 g/mol. The zero-order valence-electron chi connectivity index (χ0n) is 10.1. The highest BCUT2D eigenvalue weighted by molar-refractivity contribution is 5.81. The third kappa shape index (κ3) is 1.73. The number of anilines is 1.